The summed E-state index contributed by atoms with van der Waals surface area (Å²) in [6.07, 6.45) is 4.33. The summed E-state index contributed by atoms with van der Waals surface area (Å²) in [7, 11) is 0. The molecule has 4 heteroatoms. The quantitative estimate of drug-likeness (QED) is 0.707. The highest BCUT2D eigenvalue weighted by Crippen LogP contribution is 2.49. The first-order chi connectivity index (χ1) is 10.9. The summed E-state index contributed by atoms with van der Waals surface area (Å²) < 4.78 is 0. The lowest BCUT2D eigenvalue weighted by Crippen LogP contribution is -2.33. The number of phenolic OH excluding ortho intramolecular Hbond substituents is 2. The minimum Gasteiger partial charge on any atom is -0.506 e. The molecule has 23 heavy (non-hydrogen) atoms. The fourth-order valence-corrected chi connectivity index (χ4v) is 4.21. The van der Waals surface area contributed by atoms with Crippen molar-refractivity contribution in [1.29, 1.82) is 0 Å². The van der Waals surface area contributed by atoms with E-state index in [1.165, 1.54) is 6.42 Å². The molecular weight excluding hydrogens is 331 g/mol. The van der Waals surface area contributed by atoms with Gasteiger partial charge < -0.3 is 10.2 Å². The molecule has 0 aromatic heterocycles. The van der Waals surface area contributed by atoms with Crippen molar-refractivity contribution >= 4 is 23.2 Å². The molecule has 2 N–H and O–H groups in total. The number of phenols is 2. The van der Waals surface area contributed by atoms with E-state index in [2.05, 4.69) is 6.92 Å². The Kier molecular flexibility index (Phi) is 4.48. The van der Waals surface area contributed by atoms with Gasteiger partial charge in [-0.25, -0.2) is 0 Å². The molecule has 1 fully saturated rings. The highest BCUT2D eigenvalue weighted by Gasteiger charge is 2.38. The molecule has 122 valence electrons. The molecule has 0 spiro atoms. The van der Waals surface area contributed by atoms with E-state index in [1.807, 2.05) is 24.3 Å². The van der Waals surface area contributed by atoms with E-state index in [4.69, 9.17) is 23.2 Å². The van der Waals surface area contributed by atoms with Crippen LogP contribution in [0.5, 0.6) is 11.5 Å². The first-order valence-electron chi connectivity index (χ1n) is 7.90. The lowest BCUT2D eigenvalue weighted by atomic mass is 9.62. The van der Waals surface area contributed by atoms with E-state index in [0.29, 0.717) is 16.0 Å². The average Bonchev–Trinajstić information content (AvgIpc) is 2.52. The van der Waals surface area contributed by atoms with Gasteiger partial charge in [0.15, 0.2) is 0 Å². The maximum Gasteiger partial charge on any atom is 0.134 e. The first-order valence-corrected chi connectivity index (χ1v) is 8.66. The van der Waals surface area contributed by atoms with Crippen LogP contribution in [0, 0.1) is 5.92 Å². The largest absolute Gasteiger partial charge is 0.506 e. The van der Waals surface area contributed by atoms with Gasteiger partial charge in [0.25, 0.3) is 0 Å². The molecule has 0 amide bonds. The van der Waals surface area contributed by atoms with Crippen LogP contribution in [-0.2, 0) is 5.41 Å². The second kappa shape index (κ2) is 6.26. The molecule has 0 radical (unpaired) electrons. The van der Waals surface area contributed by atoms with Crippen LogP contribution in [0.1, 0.15) is 43.7 Å². The van der Waals surface area contributed by atoms with Crippen molar-refractivity contribution in [3.8, 4) is 11.5 Å². The summed E-state index contributed by atoms with van der Waals surface area (Å²) in [4.78, 5) is 0. The van der Waals surface area contributed by atoms with E-state index in [-0.39, 0.29) is 16.9 Å². The molecule has 0 bridgehead atoms. The molecule has 1 saturated carbocycles. The zero-order valence-corrected chi connectivity index (χ0v) is 14.5. The van der Waals surface area contributed by atoms with Crippen LogP contribution >= 0.6 is 23.2 Å². The topological polar surface area (TPSA) is 40.5 Å². The minimum absolute atomic E-state index is 0.0955. The maximum atomic E-state index is 9.74. The average molecular weight is 351 g/mol. The third kappa shape index (κ3) is 3.02. The molecule has 2 nitrogen and oxygen atoms in total. The fraction of sp³-hybridized carbons (Fsp3) is 0.368. The predicted octanol–water partition coefficient (Wildman–Crippen LogP) is 5.90. The number of halogens is 2. The lowest BCUT2D eigenvalue weighted by molar-refractivity contribution is 0.272. The van der Waals surface area contributed by atoms with Crippen molar-refractivity contribution in [2.24, 2.45) is 5.92 Å². The third-order valence-corrected chi connectivity index (χ3v) is 5.60. The van der Waals surface area contributed by atoms with Crippen LogP contribution in [0.2, 0.25) is 10.0 Å². The van der Waals surface area contributed by atoms with Gasteiger partial charge in [-0.3, -0.25) is 0 Å². The smallest absolute Gasteiger partial charge is 0.134 e. The van der Waals surface area contributed by atoms with Crippen molar-refractivity contribution in [2.45, 2.75) is 38.0 Å². The summed E-state index contributed by atoms with van der Waals surface area (Å²) in [5, 5.41) is 20.2. The Labute approximate surface area is 146 Å². The van der Waals surface area contributed by atoms with E-state index in [9.17, 15) is 10.2 Å². The molecule has 1 aliphatic carbocycles. The molecule has 0 heterocycles. The summed E-state index contributed by atoms with van der Waals surface area (Å²) in [6, 6.07) is 10.9. The highest BCUT2D eigenvalue weighted by molar-refractivity contribution is 6.32. The number of hydrogen-bond donors (Lipinski definition) is 2. The molecule has 0 saturated heterocycles. The van der Waals surface area contributed by atoms with Gasteiger partial charge >= 0.3 is 0 Å². The van der Waals surface area contributed by atoms with Gasteiger partial charge in [0.05, 0.1) is 10.0 Å². The monoisotopic (exact) mass is 350 g/mol. The Bertz CT molecular complexity index is 676. The summed E-state index contributed by atoms with van der Waals surface area (Å²) >= 11 is 12.3. The van der Waals surface area contributed by atoms with Crippen LogP contribution in [0.25, 0.3) is 0 Å². The van der Waals surface area contributed by atoms with Gasteiger partial charge in [-0.15, -0.1) is 0 Å². The summed E-state index contributed by atoms with van der Waals surface area (Å²) in [5.74, 6) is 0.778. The van der Waals surface area contributed by atoms with Crippen molar-refractivity contribution < 1.29 is 10.2 Å². The zero-order valence-electron chi connectivity index (χ0n) is 13.0. The van der Waals surface area contributed by atoms with E-state index < -0.39 is 0 Å². The van der Waals surface area contributed by atoms with Crippen LogP contribution in [0.15, 0.2) is 36.4 Å². The Hall–Kier alpha value is -1.38. The van der Waals surface area contributed by atoms with Crippen LogP contribution in [0.3, 0.4) is 0 Å². The molecule has 1 unspecified atom stereocenters. The van der Waals surface area contributed by atoms with E-state index >= 15 is 0 Å². The molecular formula is C19H20Cl2O2. The van der Waals surface area contributed by atoms with Gasteiger partial charge in [-0.05, 0) is 54.2 Å². The number of rotatable bonds is 2. The number of hydrogen-bond acceptors (Lipinski definition) is 2. The van der Waals surface area contributed by atoms with Crippen molar-refractivity contribution in [3.63, 3.8) is 0 Å². The maximum absolute atomic E-state index is 9.74. The van der Waals surface area contributed by atoms with Crippen molar-refractivity contribution in [2.75, 3.05) is 0 Å². The second-order valence-corrected chi connectivity index (χ2v) is 7.43. The Balaban J connectivity index is 2.17. The molecule has 3 rings (SSSR count). The minimum atomic E-state index is -0.188. The predicted molar refractivity (Wildman–Crippen MR) is 94.6 cm³/mol. The molecule has 1 atom stereocenters. The fourth-order valence-electron chi connectivity index (χ4n) is 3.85. The Morgan fingerprint density at radius 2 is 1.48 bits per heavy atom. The van der Waals surface area contributed by atoms with Gasteiger partial charge in [-0.2, -0.15) is 0 Å². The van der Waals surface area contributed by atoms with Crippen LogP contribution in [0.4, 0.5) is 0 Å². The lowest BCUT2D eigenvalue weighted by Gasteiger charge is -2.41. The number of benzene rings is 2. The normalized spacial score (nSPS) is 20.4. The highest BCUT2D eigenvalue weighted by atomic mass is 35.5. The van der Waals surface area contributed by atoms with Gasteiger partial charge in [0.2, 0.25) is 0 Å². The van der Waals surface area contributed by atoms with Crippen molar-refractivity contribution in [3.05, 3.63) is 57.6 Å². The molecule has 2 aromatic carbocycles. The standard InChI is InChI=1S/C19H20Cl2O2/c1-12-3-2-8-19(11-12,13-4-6-17(22)15(20)9-13)14-5-7-18(23)16(21)10-14/h4-7,9-10,12,22-23H,2-3,8,11H2,1H3. The van der Waals surface area contributed by atoms with E-state index in [1.54, 1.807) is 12.1 Å². The summed E-state index contributed by atoms with van der Waals surface area (Å²) in [5.41, 5.74) is 1.99. The van der Waals surface area contributed by atoms with Crippen molar-refractivity contribution in [1.82, 2.24) is 0 Å². The third-order valence-electron chi connectivity index (χ3n) is 5.00. The Morgan fingerprint density at radius 3 is 1.91 bits per heavy atom. The van der Waals surface area contributed by atoms with Crippen LogP contribution < -0.4 is 0 Å². The first kappa shape index (κ1) is 16.5. The summed E-state index contributed by atoms with van der Waals surface area (Å²) in [6.45, 7) is 2.26. The molecule has 0 aliphatic heterocycles. The van der Waals surface area contributed by atoms with Gasteiger partial charge in [-0.1, -0.05) is 55.1 Å². The van der Waals surface area contributed by atoms with Gasteiger partial charge in [0, 0.05) is 5.41 Å². The second-order valence-electron chi connectivity index (χ2n) is 6.62. The zero-order chi connectivity index (χ0) is 16.6. The SMILES string of the molecule is CC1CCCC(c2ccc(O)c(Cl)c2)(c2ccc(O)c(Cl)c2)C1. The molecule has 1 aliphatic rings. The number of aromatic hydroxyl groups is 2. The van der Waals surface area contributed by atoms with Gasteiger partial charge in [0.1, 0.15) is 11.5 Å². The van der Waals surface area contributed by atoms with E-state index in [0.717, 1.165) is 30.4 Å². The Morgan fingerprint density at radius 1 is 0.957 bits per heavy atom. The van der Waals surface area contributed by atoms with Crippen LogP contribution in [-0.4, -0.2) is 10.2 Å². The molecule has 2 aromatic rings.